The van der Waals surface area contributed by atoms with Crippen LogP contribution in [0.1, 0.15) is 54.0 Å². The molecule has 2 atom stereocenters. The molecule has 216 valence electrons. The third-order valence-electron chi connectivity index (χ3n) is 7.46. The van der Waals surface area contributed by atoms with Gasteiger partial charge in [-0.15, -0.1) is 0 Å². The van der Waals surface area contributed by atoms with Crippen molar-refractivity contribution in [2.75, 3.05) is 39.9 Å². The number of aromatic nitrogens is 3. The number of aryl methyl sites for hydroxylation is 1. The van der Waals surface area contributed by atoms with Gasteiger partial charge < -0.3 is 24.3 Å². The van der Waals surface area contributed by atoms with Crippen LogP contribution in [-0.2, 0) is 16.5 Å². The van der Waals surface area contributed by atoms with Crippen LogP contribution in [0.3, 0.4) is 0 Å². The topological polar surface area (TPSA) is 84.8 Å². The summed E-state index contributed by atoms with van der Waals surface area (Å²) in [4.78, 5) is 26.1. The molecular weight excluding hydrogens is 540 g/mol. The Bertz CT molecular complexity index is 1440. The van der Waals surface area contributed by atoms with Gasteiger partial charge in [0.15, 0.2) is 0 Å². The second-order valence-corrected chi connectivity index (χ2v) is 11.1. The van der Waals surface area contributed by atoms with E-state index in [9.17, 15) is 4.79 Å². The third-order valence-corrected chi connectivity index (χ3v) is 7.70. The van der Waals surface area contributed by atoms with Crippen molar-refractivity contribution in [3.05, 3.63) is 94.4 Å². The molecule has 1 unspecified atom stereocenters. The Hall–Kier alpha value is -3.66. The highest BCUT2D eigenvalue weighted by molar-refractivity contribution is 6.30. The number of rotatable bonds is 8. The summed E-state index contributed by atoms with van der Waals surface area (Å²) in [5.41, 5.74) is 6.85. The second kappa shape index (κ2) is 12.5. The summed E-state index contributed by atoms with van der Waals surface area (Å²) in [7, 11) is 3.63. The van der Waals surface area contributed by atoms with Crippen LogP contribution in [0.5, 0.6) is 0 Å². The summed E-state index contributed by atoms with van der Waals surface area (Å²) in [6.45, 7) is 10.8. The summed E-state index contributed by atoms with van der Waals surface area (Å²) >= 11 is 6.66. The van der Waals surface area contributed by atoms with Crippen LogP contribution in [0.15, 0.2) is 61.3 Å². The molecule has 1 fully saturated rings. The lowest BCUT2D eigenvalue weighted by Crippen LogP contribution is -2.50. The Morgan fingerprint density at radius 3 is 2.68 bits per heavy atom. The van der Waals surface area contributed by atoms with Gasteiger partial charge in [-0.2, -0.15) is 0 Å². The fourth-order valence-electron chi connectivity index (χ4n) is 5.61. The Morgan fingerprint density at radius 2 is 2.00 bits per heavy atom. The molecule has 2 aromatic heterocycles. The Kier molecular flexibility index (Phi) is 8.77. The monoisotopic (exact) mass is 576 g/mol. The van der Waals surface area contributed by atoms with Crippen molar-refractivity contribution in [2.45, 2.75) is 32.0 Å². The maximum Gasteiger partial charge on any atom is 0.410 e. The highest BCUT2D eigenvalue weighted by atomic mass is 35.5. The lowest BCUT2D eigenvalue weighted by atomic mass is 9.89. The highest BCUT2D eigenvalue weighted by Gasteiger charge is 2.36. The molecular formula is C31H37ClN6O3. The van der Waals surface area contributed by atoms with E-state index in [-0.39, 0.29) is 24.3 Å². The lowest BCUT2D eigenvalue weighted by Gasteiger charge is -2.39. The first kappa shape index (κ1) is 28.9. The Labute approximate surface area is 246 Å². The zero-order chi connectivity index (χ0) is 29.1. The minimum absolute atomic E-state index is 0.134. The van der Waals surface area contributed by atoms with Crippen LogP contribution in [0.25, 0.3) is 11.6 Å². The van der Waals surface area contributed by atoms with E-state index in [4.69, 9.17) is 26.1 Å². The van der Waals surface area contributed by atoms with Gasteiger partial charge in [-0.1, -0.05) is 30.3 Å². The van der Waals surface area contributed by atoms with Gasteiger partial charge in [0.2, 0.25) is 0 Å². The molecule has 10 heteroatoms. The molecule has 3 heterocycles. The summed E-state index contributed by atoms with van der Waals surface area (Å²) in [5.74, 6) is 0. The number of piperazine rings is 1. The average molecular weight is 577 g/mol. The molecule has 5 rings (SSSR count). The third kappa shape index (κ3) is 6.17. The molecule has 0 spiro atoms. The number of nitrogens with one attached hydrogen (secondary N) is 1. The number of fused-ring (bicyclic) bond motifs is 2. The van der Waals surface area contributed by atoms with E-state index in [0.717, 1.165) is 39.3 Å². The number of hydrogen-bond donors (Lipinski definition) is 1. The number of hydrogen-bond acceptors (Lipinski definition) is 7. The first-order valence-corrected chi connectivity index (χ1v) is 14.2. The van der Waals surface area contributed by atoms with Gasteiger partial charge in [0, 0.05) is 57.3 Å². The zero-order valence-corrected chi connectivity index (χ0v) is 24.8. The van der Waals surface area contributed by atoms with E-state index in [1.165, 1.54) is 0 Å². The summed E-state index contributed by atoms with van der Waals surface area (Å²) in [5, 5.41) is 4.24. The first-order chi connectivity index (χ1) is 19.8. The van der Waals surface area contributed by atoms with E-state index in [0.29, 0.717) is 37.8 Å². The van der Waals surface area contributed by atoms with Crippen molar-refractivity contribution in [3.8, 4) is 0 Å². The zero-order valence-electron chi connectivity index (χ0n) is 24.0. The molecule has 1 aliphatic carbocycles. The van der Waals surface area contributed by atoms with E-state index >= 15 is 0 Å². The molecule has 1 aromatic carbocycles. The van der Waals surface area contributed by atoms with Crippen molar-refractivity contribution in [1.29, 1.82) is 0 Å². The van der Waals surface area contributed by atoms with E-state index in [1.54, 1.807) is 18.3 Å². The maximum absolute atomic E-state index is 12.6. The van der Waals surface area contributed by atoms with E-state index in [2.05, 4.69) is 40.0 Å². The van der Waals surface area contributed by atoms with Crippen molar-refractivity contribution < 1.29 is 14.3 Å². The number of nitrogens with zero attached hydrogens (tertiary/aromatic N) is 5. The van der Waals surface area contributed by atoms with Crippen molar-refractivity contribution in [2.24, 2.45) is 7.05 Å². The van der Waals surface area contributed by atoms with Gasteiger partial charge >= 0.3 is 6.09 Å². The predicted molar refractivity (Wildman–Crippen MR) is 160 cm³/mol. The molecule has 1 N–H and O–H groups in total. The van der Waals surface area contributed by atoms with Gasteiger partial charge in [-0.25, -0.2) is 9.78 Å². The number of amides is 1. The quantitative estimate of drug-likeness (QED) is 0.401. The summed E-state index contributed by atoms with van der Waals surface area (Å²) in [6.07, 6.45) is 7.27. The van der Waals surface area contributed by atoms with Crippen LogP contribution < -0.4 is 5.32 Å². The highest BCUT2D eigenvalue weighted by Crippen LogP contribution is 2.44. The molecule has 1 amide bonds. The number of ether oxygens (including phenoxy) is 2. The van der Waals surface area contributed by atoms with Gasteiger partial charge in [0.25, 0.3) is 0 Å². The lowest BCUT2D eigenvalue weighted by molar-refractivity contribution is 0.0513. The van der Waals surface area contributed by atoms with Crippen molar-refractivity contribution in [1.82, 2.24) is 29.7 Å². The van der Waals surface area contributed by atoms with E-state index < -0.39 is 0 Å². The number of imidazole rings is 1. The standard InChI is InChI=1S/C31H37ClN6O3/c1-20(2)41-31(39)38-13-11-37(12-14-38)30-24-9-8-23(32)16-25(24)26(15-22-7-6-10-34-28(22)30)29(35-21(3)18-40-5)27-17-33-19-36(27)4/h6-10,15-17,19-20,29-30,35H,3,11-14,18H2,1-2,4-5H3/t29?,30-/m0/s1. The van der Waals surface area contributed by atoms with Crippen molar-refractivity contribution in [3.63, 3.8) is 0 Å². The fourth-order valence-corrected chi connectivity index (χ4v) is 5.79. The molecule has 3 aromatic rings. The molecule has 0 bridgehead atoms. The normalized spacial score (nSPS) is 17.8. The van der Waals surface area contributed by atoms with Gasteiger partial charge in [-0.05, 0) is 60.4 Å². The Balaban J connectivity index is 1.59. The number of carbonyl (C=O) groups is 1. The number of benzene rings is 1. The number of methoxy groups -OCH3 is 1. The minimum Gasteiger partial charge on any atom is -0.447 e. The number of halogens is 1. The molecule has 1 saturated heterocycles. The van der Waals surface area contributed by atoms with Crippen molar-refractivity contribution >= 4 is 29.3 Å². The first-order valence-electron chi connectivity index (χ1n) is 13.8. The SMILES string of the molecule is C=C(COC)NC(C1=Cc2cccnc2[C@@H](N2CCN(C(=O)OC(C)C)CC2)c2ccc(Cl)cc21)c1cncn1C. The fraction of sp³-hybridized carbons (Fsp3) is 0.387. The van der Waals surface area contributed by atoms with Gasteiger partial charge in [-0.3, -0.25) is 9.88 Å². The van der Waals surface area contributed by atoms with Crippen LogP contribution >= 0.6 is 11.6 Å². The van der Waals surface area contributed by atoms with E-state index in [1.807, 2.05) is 56.1 Å². The number of pyridine rings is 1. The van der Waals surface area contributed by atoms with Gasteiger partial charge in [0.05, 0.1) is 48.7 Å². The minimum atomic E-state index is -0.281. The molecule has 1 aliphatic heterocycles. The summed E-state index contributed by atoms with van der Waals surface area (Å²) in [6, 6.07) is 9.71. The summed E-state index contributed by atoms with van der Waals surface area (Å²) < 4.78 is 12.8. The van der Waals surface area contributed by atoms with Crippen LogP contribution in [-0.4, -0.2) is 76.4 Å². The van der Waals surface area contributed by atoms with Gasteiger partial charge in [0.1, 0.15) is 0 Å². The van der Waals surface area contributed by atoms with Crippen LogP contribution in [0.2, 0.25) is 5.02 Å². The van der Waals surface area contributed by atoms with Crippen LogP contribution in [0.4, 0.5) is 4.79 Å². The molecule has 0 saturated carbocycles. The maximum atomic E-state index is 12.6. The van der Waals surface area contributed by atoms with Crippen LogP contribution in [0, 0.1) is 0 Å². The smallest absolute Gasteiger partial charge is 0.410 e. The molecule has 2 aliphatic rings. The molecule has 9 nitrogen and oxygen atoms in total. The largest absolute Gasteiger partial charge is 0.447 e. The second-order valence-electron chi connectivity index (χ2n) is 10.7. The number of carbonyl (C=O) groups excluding carboxylic acids is 1. The predicted octanol–water partition coefficient (Wildman–Crippen LogP) is 5.07. The molecule has 41 heavy (non-hydrogen) atoms. The Morgan fingerprint density at radius 1 is 1.22 bits per heavy atom. The average Bonchev–Trinajstić information content (AvgIpc) is 3.31. The molecule has 0 radical (unpaired) electrons.